The molecule has 30 heavy (non-hydrogen) atoms. The summed E-state index contributed by atoms with van der Waals surface area (Å²) in [7, 11) is 0. The van der Waals surface area contributed by atoms with Gasteiger partial charge >= 0.3 is 6.03 Å². The number of carbonyl (C=O) groups is 1. The van der Waals surface area contributed by atoms with Gasteiger partial charge in [-0.2, -0.15) is 9.78 Å². The van der Waals surface area contributed by atoms with E-state index in [1.165, 1.54) is 24.7 Å². The number of halogens is 1. The zero-order valence-corrected chi connectivity index (χ0v) is 16.5. The van der Waals surface area contributed by atoms with Crippen LogP contribution in [-0.2, 0) is 6.54 Å². The van der Waals surface area contributed by atoms with E-state index in [1.807, 2.05) is 32.0 Å². The molecule has 8 heteroatoms. The fourth-order valence-electron chi connectivity index (χ4n) is 3.17. The monoisotopic (exact) mass is 402 g/mol. The van der Waals surface area contributed by atoms with E-state index in [1.54, 1.807) is 12.4 Å². The highest BCUT2D eigenvalue weighted by atomic mass is 19.1. The molecule has 4 aromatic heterocycles. The van der Waals surface area contributed by atoms with E-state index in [0.29, 0.717) is 17.7 Å². The maximum Gasteiger partial charge on any atom is 0.342 e. The van der Waals surface area contributed by atoms with E-state index in [2.05, 4.69) is 25.4 Å². The Balaban J connectivity index is 1.44. The van der Waals surface area contributed by atoms with Crippen molar-refractivity contribution < 1.29 is 9.18 Å². The van der Waals surface area contributed by atoms with Crippen LogP contribution in [-0.4, -0.2) is 30.8 Å². The lowest BCUT2D eigenvalue weighted by molar-refractivity contribution is 0.239. The first-order valence-electron chi connectivity index (χ1n) is 9.32. The number of hydrogen-bond donors (Lipinski definition) is 1. The zero-order valence-electron chi connectivity index (χ0n) is 16.5. The van der Waals surface area contributed by atoms with Gasteiger partial charge in [0.25, 0.3) is 0 Å². The lowest BCUT2D eigenvalue weighted by Gasteiger charge is -2.09. The largest absolute Gasteiger partial charge is 0.342 e. The summed E-state index contributed by atoms with van der Waals surface area (Å²) in [4.78, 5) is 24.9. The van der Waals surface area contributed by atoms with E-state index in [0.717, 1.165) is 39.0 Å². The number of nitrogens with zero attached hydrogens (tertiary/aromatic N) is 5. The molecule has 4 heterocycles. The van der Waals surface area contributed by atoms with Gasteiger partial charge in [0, 0.05) is 53.7 Å². The lowest BCUT2D eigenvalue weighted by atomic mass is 10.1. The SMILES string of the molecule is Cc1cc(-c2ncc(CNC(=O)n3cc(-c4ccncc4F)cn3)cc2C)ccn1. The first-order chi connectivity index (χ1) is 14.5. The van der Waals surface area contributed by atoms with Crippen molar-refractivity contribution in [3.05, 3.63) is 84.1 Å². The van der Waals surface area contributed by atoms with E-state index in [9.17, 15) is 9.18 Å². The number of nitrogens with one attached hydrogen (secondary N) is 1. The number of rotatable bonds is 4. The highest BCUT2D eigenvalue weighted by Gasteiger charge is 2.12. The maximum absolute atomic E-state index is 13.9. The second kappa shape index (κ2) is 8.20. The van der Waals surface area contributed by atoms with Crippen molar-refractivity contribution in [2.75, 3.05) is 0 Å². The molecule has 0 unspecified atom stereocenters. The number of aryl methyl sites for hydroxylation is 2. The van der Waals surface area contributed by atoms with Gasteiger partial charge in [0.15, 0.2) is 0 Å². The van der Waals surface area contributed by atoms with E-state index < -0.39 is 11.8 Å². The Morgan fingerprint density at radius 1 is 1.07 bits per heavy atom. The summed E-state index contributed by atoms with van der Waals surface area (Å²) >= 11 is 0. The molecule has 1 amide bonds. The second-order valence-corrected chi connectivity index (χ2v) is 6.88. The van der Waals surface area contributed by atoms with Crippen molar-refractivity contribution in [3.63, 3.8) is 0 Å². The number of pyridine rings is 3. The van der Waals surface area contributed by atoms with E-state index in [-0.39, 0.29) is 0 Å². The minimum atomic E-state index is -0.469. The molecule has 7 nitrogen and oxygen atoms in total. The molecule has 0 atom stereocenters. The van der Waals surface area contributed by atoms with Crippen molar-refractivity contribution in [3.8, 4) is 22.4 Å². The van der Waals surface area contributed by atoms with Crippen molar-refractivity contribution in [1.82, 2.24) is 30.0 Å². The molecule has 0 fully saturated rings. The van der Waals surface area contributed by atoms with E-state index >= 15 is 0 Å². The predicted molar refractivity (Wildman–Crippen MR) is 110 cm³/mol. The van der Waals surface area contributed by atoms with Gasteiger partial charge in [0.1, 0.15) is 5.82 Å². The van der Waals surface area contributed by atoms with Gasteiger partial charge in [0.2, 0.25) is 0 Å². The van der Waals surface area contributed by atoms with Crippen molar-refractivity contribution in [2.45, 2.75) is 20.4 Å². The first kappa shape index (κ1) is 19.4. The Bertz CT molecular complexity index is 1220. The van der Waals surface area contributed by atoms with Crippen LogP contribution in [0, 0.1) is 19.7 Å². The Morgan fingerprint density at radius 2 is 1.93 bits per heavy atom. The minimum Gasteiger partial charge on any atom is -0.332 e. The van der Waals surface area contributed by atoms with Crippen LogP contribution in [0.1, 0.15) is 16.8 Å². The normalized spacial score (nSPS) is 10.8. The highest BCUT2D eigenvalue weighted by Crippen LogP contribution is 2.22. The molecule has 0 aliphatic carbocycles. The molecule has 0 radical (unpaired) electrons. The second-order valence-electron chi connectivity index (χ2n) is 6.88. The minimum absolute atomic E-state index is 0.293. The van der Waals surface area contributed by atoms with Gasteiger partial charge < -0.3 is 5.32 Å². The summed E-state index contributed by atoms with van der Waals surface area (Å²) in [6, 6.07) is 7.01. The maximum atomic E-state index is 13.9. The topological polar surface area (TPSA) is 85.6 Å². The third kappa shape index (κ3) is 4.07. The Hall–Kier alpha value is -3.94. The quantitative estimate of drug-likeness (QED) is 0.559. The Labute approximate surface area is 172 Å². The zero-order chi connectivity index (χ0) is 21.1. The van der Waals surface area contributed by atoms with Gasteiger partial charge in [0.05, 0.1) is 18.1 Å². The Kier molecular flexibility index (Phi) is 5.30. The summed E-state index contributed by atoms with van der Waals surface area (Å²) in [6.45, 7) is 4.21. The van der Waals surface area contributed by atoms with Crippen LogP contribution in [0.5, 0.6) is 0 Å². The van der Waals surface area contributed by atoms with E-state index in [4.69, 9.17) is 0 Å². The first-order valence-corrected chi connectivity index (χ1v) is 9.32. The molecule has 0 aromatic carbocycles. The van der Waals surface area contributed by atoms with Crippen molar-refractivity contribution in [2.24, 2.45) is 0 Å². The molecule has 0 saturated carbocycles. The summed E-state index contributed by atoms with van der Waals surface area (Å²) in [6.07, 6.45) is 9.03. The molecule has 4 aromatic rings. The van der Waals surface area contributed by atoms with Gasteiger partial charge in [-0.25, -0.2) is 9.18 Å². The lowest BCUT2D eigenvalue weighted by Crippen LogP contribution is -2.28. The number of hydrogen-bond acceptors (Lipinski definition) is 5. The van der Waals surface area contributed by atoms with Crippen LogP contribution in [0.4, 0.5) is 9.18 Å². The third-order valence-corrected chi connectivity index (χ3v) is 4.62. The standard InChI is InChI=1S/C22H19FN6O/c1-14-7-16(9-26-21(14)17-3-6-25-15(2)8-17)10-27-22(30)29-13-18(11-28-29)19-4-5-24-12-20(19)23/h3-9,11-13H,10H2,1-2H3,(H,27,30). The molecule has 4 rings (SSSR count). The number of aromatic nitrogens is 5. The average molecular weight is 402 g/mol. The van der Waals surface area contributed by atoms with Gasteiger partial charge in [-0.3, -0.25) is 15.0 Å². The summed E-state index contributed by atoms with van der Waals surface area (Å²) in [5, 5.41) is 6.82. The van der Waals surface area contributed by atoms with Crippen molar-refractivity contribution >= 4 is 6.03 Å². The average Bonchev–Trinajstić information content (AvgIpc) is 3.22. The summed E-state index contributed by atoms with van der Waals surface area (Å²) < 4.78 is 15.0. The van der Waals surface area contributed by atoms with Crippen LogP contribution in [0.15, 0.2) is 61.4 Å². The van der Waals surface area contributed by atoms with Crippen molar-refractivity contribution in [1.29, 1.82) is 0 Å². The fraction of sp³-hybridized carbons (Fsp3) is 0.136. The molecule has 150 valence electrons. The molecule has 0 aliphatic heterocycles. The number of carbonyl (C=O) groups excluding carboxylic acids is 1. The Morgan fingerprint density at radius 3 is 2.70 bits per heavy atom. The van der Waals surface area contributed by atoms with Gasteiger partial charge in [-0.05, 0) is 43.2 Å². The third-order valence-electron chi connectivity index (χ3n) is 4.62. The molecule has 0 saturated heterocycles. The number of amides is 1. The van der Waals surface area contributed by atoms with Gasteiger partial charge in [-0.1, -0.05) is 6.07 Å². The van der Waals surface area contributed by atoms with Crippen LogP contribution in [0.2, 0.25) is 0 Å². The van der Waals surface area contributed by atoms with Crippen LogP contribution < -0.4 is 5.32 Å². The molecule has 0 aliphatic rings. The molecular formula is C22H19FN6O. The highest BCUT2D eigenvalue weighted by molar-refractivity contribution is 5.77. The fourth-order valence-corrected chi connectivity index (χ4v) is 3.17. The molecule has 1 N–H and O–H groups in total. The molecule has 0 bridgehead atoms. The summed E-state index contributed by atoms with van der Waals surface area (Å²) in [5.41, 5.74) is 5.51. The van der Waals surface area contributed by atoms with Crippen LogP contribution >= 0.6 is 0 Å². The predicted octanol–water partition coefficient (Wildman–Crippen LogP) is 3.92. The van der Waals surface area contributed by atoms with Crippen LogP contribution in [0.3, 0.4) is 0 Å². The summed E-state index contributed by atoms with van der Waals surface area (Å²) in [5.74, 6) is -0.469. The van der Waals surface area contributed by atoms with Gasteiger partial charge in [-0.15, -0.1) is 0 Å². The smallest absolute Gasteiger partial charge is 0.332 e. The molecular weight excluding hydrogens is 383 g/mol. The van der Waals surface area contributed by atoms with Crippen LogP contribution in [0.25, 0.3) is 22.4 Å². The molecule has 0 spiro atoms.